The molecule has 0 aliphatic carbocycles. The molecule has 2 aliphatic heterocycles. The third-order valence-electron chi connectivity index (χ3n) is 3.20. The molecular formula is C12H15N3OS. The van der Waals surface area contributed by atoms with E-state index in [9.17, 15) is 4.79 Å². The van der Waals surface area contributed by atoms with Crippen molar-refractivity contribution in [2.24, 2.45) is 0 Å². The fourth-order valence-corrected chi connectivity index (χ4v) is 3.46. The largest absolute Gasteiger partial charge is 0.350 e. The average molecular weight is 249 g/mol. The number of aryl methyl sites for hydroxylation is 1. The van der Waals surface area contributed by atoms with E-state index >= 15 is 0 Å². The van der Waals surface area contributed by atoms with Crippen molar-refractivity contribution in [1.82, 2.24) is 4.98 Å². The minimum absolute atomic E-state index is 0.105. The van der Waals surface area contributed by atoms with Gasteiger partial charge in [-0.25, -0.2) is 4.98 Å². The zero-order valence-electron chi connectivity index (χ0n) is 9.77. The van der Waals surface area contributed by atoms with Gasteiger partial charge in [0.1, 0.15) is 0 Å². The van der Waals surface area contributed by atoms with E-state index in [1.165, 1.54) is 0 Å². The number of amides is 1. The number of aromatic nitrogens is 1. The van der Waals surface area contributed by atoms with Crippen molar-refractivity contribution in [2.45, 2.75) is 19.4 Å². The number of nitrogens with one attached hydrogen (secondary N) is 1. The second-order valence-corrected chi connectivity index (χ2v) is 5.71. The standard InChI is InChI=1S/C12H15N3OS/c1-8-4-10-12(13-6-8)15-2-3-17-7-9(15)5-11(16)14-10/h4,6,9H,2-3,5,7H2,1H3,(H,14,16). The lowest BCUT2D eigenvalue weighted by Gasteiger charge is -2.34. The molecule has 90 valence electrons. The van der Waals surface area contributed by atoms with Gasteiger partial charge in [-0.2, -0.15) is 11.8 Å². The zero-order chi connectivity index (χ0) is 11.8. The highest BCUT2D eigenvalue weighted by Crippen LogP contribution is 2.33. The lowest BCUT2D eigenvalue weighted by Crippen LogP contribution is -2.43. The van der Waals surface area contributed by atoms with Gasteiger partial charge in [0.15, 0.2) is 5.82 Å². The number of anilines is 2. The summed E-state index contributed by atoms with van der Waals surface area (Å²) in [6.45, 7) is 2.97. The molecule has 1 amide bonds. The molecule has 1 saturated heterocycles. The van der Waals surface area contributed by atoms with Gasteiger partial charge in [-0.3, -0.25) is 4.79 Å². The normalized spacial score (nSPS) is 23.5. The highest BCUT2D eigenvalue weighted by Gasteiger charge is 2.31. The SMILES string of the molecule is Cc1cnc2c(c1)NC(=O)CC1CSCCN21. The zero-order valence-corrected chi connectivity index (χ0v) is 10.6. The minimum Gasteiger partial charge on any atom is -0.350 e. The molecular weight excluding hydrogens is 234 g/mol. The topological polar surface area (TPSA) is 45.2 Å². The van der Waals surface area contributed by atoms with Crippen molar-refractivity contribution < 1.29 is 4.79 Å². The maximum absolute atomic E-state index is 11.8. The number of carbonyl (C=O) groups excluding carboxylic acids is 1. The Morgan fingerprint density at radius 2 is 2.47 bits per heavy atom. The Morgan fingerprint density at radius 1 is 1.59 bits per heavy atom. The van der Waals surface area contributed by atoms with Crippen LogP contribution < -0.4 is 10.2 Å². The smallest absolute Gasteiger partial charge is 0.226 e. The fourth-order valence-electron chi connectivity index (χ4n) is 2.40. The number of pyridine rings is 1. The van der Waals surface area contributed by atoms with E-state index in [0.29, 0.717) is 12.5 Å². The summed E-state index contributed by atoms with van der Waals surface area (Å²) in [6.07, 6.45) is 2.44. The van der Waals surface area contributed by atoms with Crippen molar-refractivity contribution in [2.75, 3.05) is 28.3 Å². The van der Waals surface area contributed by atoms with Gasteiger partial charge in [0.2, 0.25) is 5.91 Å². The maximum Gasteiger partial charge on any atom is 0.226 e. The molecule has 0 aromatic carbocycles. The average Bonchev–Trinajstić information content (AvgIpc) is 2.43. The summed E-state index contributed by atoms with van der Waals surface area (Å²) in [4.78, 5) is 18.6. The Bertz CT molecular complexity index is 463. The van der Waals surface area contributed by atoms with Crippen LogP contribution in [0.5, 0.6) is 0 Å². The predicted molar refractivity (Wildman–Crippen MR) is 70.7 cm³/mol. The monoisotopic (exact) mass is 249 g/mol. The van der Waals surface area contributed by atoms with Crippen LogP contribution in [0.25, 0.3) is 0 Å². The van der Waals surface area contributed by atoms with E-state index < -0.39 is 0 Å². The Kier molecular flexibility index (Phi) is 2.70. The molecule has 3 rings (SSSR count). The van der Waals surface area contributed by atoms with Crippen molar-refractivity contribution in [3.8, 4) is 0 Å². The van der Waals surface area contributed by atoms with Gasteiger partial charge in [0.05, 0.1) is 5.69 Å². The van der Waals surface area contributed by atoms with Crippen LogP contribution in [0.2, 0.25) is 0 Å². The molecule has 1 aromatic rings. The van der Waals surface area contributed by atoms with Gasteiger partial charge in [-0.1, -0.05) is 0 Å². The molecule has 17 heavy (non-hydrogen) atoms. The third-order valence-corrected chi connectivity index (χ3v) is 4.29. The first-order valence-corrected chi connectivity index (χ1v) is 7.00. The molecule has 1 unspecified atom stereocenters. The molecule has 1 N–H and O–H groups in total. The number of rotatable bonds is 0. The van der Waals surface area contributed by atoms with E-state index in [1.54, 1.807) is 0 Å². The highest BCUT2D eigenvalue weighted by atomic mass is 32.2. The molecule has 1 atom stereocenters. The van der Waals surface area contributed by atoms with E-state index in [0.717, 1.165) is 35.1 Å². The third kappa shape index (κ3) is 1.99. The molecule has 0 bridgehead atoms. The first kappa shape index (κ1) is 10.9. The van der Waals surface area contributed by atoms with Crippen LogP contribution in [0.1, 0.15) is 12.0 Å². The fraction of sp³-hybridized carbons (Fsp3) is 0.500. The first-order chi connectivity index (χ1) is 8.24. The number of fused-ring (bicyclic) bond motifs is 3. The van der Waals surface area contributed by atoms with Gasteiger partial charge in [0, 0.05) is 36.7 Å². The summed E-state index contributed by atoms with van der Waals surface area (Å²) in [5.74, 6) is 3.17. The lowest BCUT2D eigenvalue weighted by atomic mass is 10.2. The summed E-state index contributed by atoms with van der Waals surface area (Å²) in [6, 6.07) is 2.30. The first-order valence-electron chi connectivity index (χ1n) is 5.85. The molecule has 1 aromatic heterocycles. The molecule has 0 saturated carbocycles. The molecule has 0 spiro atoms. The number of hydrogen-bond donors (Lipinski definition) is 1. The Morgan fingerprint density at radius 3 is 3.35 bits per heavy atom. The molecule has 2 aliphatic rings. The van der Waals surface area contributed by atoms with Crippen LogP contribution in [-0.2, 0) is 4.79 Å². The van der Waals surface area contributed by atoms with Crippen LogP contribution in [-0.4, -0.2) is 35.0 Å². The van der Waals surface area contributed by atoms with Gasteiger partial charge >= 0.3 is 0 Å². The van der Waals surface area contributed by atoms with Gasteiger partial charge in [-0.05, 0) is 18.6 Å². The van der Waals surface area contributed by atoms with Gasteiger partial charge in [0.25, 0.3) is 0 Å². The van der Waals surface area contributed by atoms with Crippen molar-refractivity contribution in [3.05, 3.63) is 17.8 Å². The summed E-state index contributed by atoms with van der Waals surface area (Å²) >= 11 is 1.92. The second-order valence-electron chi connectivity index (χ2n) is 4.56. The quantitative estimate of drug-likeness (QED) is 0.759. The molecule has 5 heteroatoms. The summed E-state index contributed by atoms with van der Waals surface area (Å²) < 4.78 is 0. The van der Waals surface area contributed by atoms with Crippen LogP contribution >= 0.6 is 11.8 Å². The van der Waals surface area contributed by atoms with Crippen LogP contribution in [0.3, 0.4) is 0 Å². The van der Waals surface area contributed by atoms with Crippen LogP contribution in [0.4, 0.5) is 11.5 Å². The van der Waals surface area contributed by atoms with Crippen molar-refractivity contribution >= 4 is 29.2 Å². The van der Waals surface area contributed by atoms with Gasteiger partial charge < -0.3 is 10.2 Å². The van der Waals surface area contributed by atoms with E-state index in [4.69, 9.17) is 0 Å². The Labute approximate surface area is 105 Å². The van der Waals surface area contributed by atoms with E-state index in [-0.39, 0.29) is 5.91 Å². The molecule has 1 fully saturated rings. The Balaban J connectivity index is 2.05. The Hall–Kier alpha value is -1.23. The summed E-state index contributed by atoms with van der Waals surface area (Å²) in [7, 11) is 0. The number of carbonyl (C=O) groups is 1. The predicted octanol–water partition coefficient (Wildman–Crippen LogP) is 1.65. The highest BCUT2D eigenvalue weighted by molar-refractivity contribution is 7.99. The van der Waals surface area contributed by atoms with Gasteiger partial charge in [-0.15, -0.1) is 0 Å². The van der Waals surface area contributed by atoms with E-state index in [2.05, 4.69) is 15.2 Å². The number of nitrogens with zero attached hydrogens (tertiary/aromatic N) is 2. The second kappa shape index (κ2) is 4.22. The summed E-state index contributed by atoms with van der Waals surface area (Å²) in [5.41, 5.74) is 1.94. The van der Waals surface area contributed by atoms with Crippen LogP contribution in [0.15, 0.2) is 12.3 Å². The number of hydrogen-bond acceptors (Lipinski definition) is 4. The minimum atomic E-state index is 0.105. The lowest BCUT2D eigenvalue weighted by molar-refractivity contribution is -0.116. The van der Waals surface area contributed by atoms with E-state index in [1.807, 2.05) is 30.9 Å². The van der Waals surface area contributed by atoms with Crippen molar-refractivity contribution in [1.29, 1.82) is 0 Å². The van der Waals surface area contributed by atoms with Crippen LogP contribution in [0, 0.1) is 6.92 Å². The van der Waals surface area contributed by atoms with Crippen molar-refractivity contribution in [3.63, 3.8) is 0 Å². The molecule has 0 radical (unpaired) electrons. The number of thioether (sulfide) groups is 1. The maximum atomic E-state index is 11.8. The molecule has 3 heterocycles. The summed E-state index contributed by atoms with van der Waals surface area (Å²) in [5, 5.41) is 2.97. The molecule has 4 nitrogen and oxygen atoms in total.